The fraction of sp³-hybridized carbons (Fsp3) is 0.188. The van der Waals surface area contributed by atoms with Gasteiger partial charge in [-0.15, -0.1) is 11.3 Å². The average molecular weight is 425 g/mol. The minimum atomic E-state index is -0.616. The van der Waals surface area contributed by atoms with E-state index in [-0.39, 0.29) is 27.7 Å². The molecule has 0 aliphatic heterocycles. The molecular weight excluding hydrogens is 412 g/mol. The van der Waals surface area contributed by atoms with Crippen molar-refractivity contribution in [1.82, 2.24) is 9.55 Å². The molecular formula is C16H13ClN4O4S2. The summed E-state index contributed by atoms with van der Waals surface area (Å²) in [7, 11) is 0. The Labute approximate surface area is 166 Å². The summed E-state index contributed by atoms with van der Waals surface area (Å²) in [5.41, 5.74) is 0.216. The molecule has 0 atom stereocenters. The van der Waals surface area contributed by atoms with Gasteiger partial charge >= 0.3 is 0 Å². The van der Waals surface area contributed by atoms with Gasteiger partial charge in [-0.25, -0.2) is 4.98 Å². The SMILES string of the molecule is CCn1c(SCC(=O)Nc2ccc(Cl)cc2[N+](=O)[O-])nc2ccsc2c1=O. The number of fused-ring (bicyclic) bond motifs is 1. The number of carbonyl (C=O) groups is 1. The summed E-state index contributed by atoms with van der Waals surface area (Å²) in [6, 6.07) is 5.76. The number of nitro groups is 1. The first-order chi connectivity index (χ1) is 12.9. The fourth-order valence-electron chi connectivity index (χ4n) is 2.39. The fourth-order valence-corrected chi connectivity index (χ4v) is 4.20. The van der Waals surface area contributed by atoms with Crippen molar-refractivity contribution in [3.8, 4) is 0 Å². The van der Waals surface area contributed by atoms with Gasteiger partial charge in [0.25, 0.3) is 11.2 Å². The zero-order valence-corrected chi connectivity index (χ0v) is 16.4. The third-order valence-electron chi connectivity index (χ3n) is 3.61. The Bertz CT molecular complexity index is 1100. The van der Waals surface area contributed by atoms with Gasteiger partial charge in [0.05, 0.1) is 16.2 Å². The molecule has 0 saturated heterocycles. The maximum absolute atomic E-state index is 12.5. The first-order valence-corrected chi connectivity index (χ1v) is 9.99. The van der Waals surface area contributed by atoms with Crippen molar-refractivity contribution in [3.05, 3.63) is 55.1 Å². The number of nitrogens with one attached hydrogen (secondary N) is 1. The Morgan fingerprint density at radius 1 is 1.44 bits per heavy atom. The topological polar surface area (TPSA) is 107 Å². The van der Waals surface area contributed by atoms with Crippen LogP contribution in [0.2, 0.25) is 5.02 Å². The van der Waals surface area contributed by atoms with Crippen LogP contribution in [0.1, 0.15) is 6.92 Å². The Morgan fingerprint density at radius 3 is 2.93 bits per heavy atom. The van der Waals surface area contributed by atoms with E-state index in [0.29, 0.717) is 21.9 Å². The Balaban J connectivity index is 1.78. The smallest absolute Gasteiger partial charge is 0.294 e. The Kier molecular flexibility index (Phi) is 5.78. The highest BCUT2D eigenvalue weighted by atomic mass is 35.5. The lowest BCUT2D eigenvalue weighted by Crippen LogP contribution is -2.22. The van der Waals surface area contributed by atoms with Gasteiger partial charge in [0, 0.05) is 17.6 Å². The van der Waals surface area contributed by atoms with Gasteiger partial charge in [-0.2, -0.15) is 0 Å². The van der Waals surface area contributed by atoms with Crippen molar-refractivity contribution < 1.29 is 9.72 Å². The summed E-state index contributed by atoms with van der Waals surface area (Å²) in [4.78, 5) is 39.6. The summed E-state index contributed by atoms with van der Waals surface area (Å²) in [5.74, 6) is -0.505. The van der Waals surface area contributed by atoms with Crippen LogP contribution in [0.3, 0.4) is 0 Å². The minimum Gasteiger partial charge on any atom is -0.320 e. The molecule has 2 aromatic heterocycles. The second-order valence-electron chi connectivity index (χ2n) is 5.33. The van der Waals surface area contributed by atoms with E-state index in [9.17, 15) is 19.7 Å². The lowest BCUT2D eigenvalue weighted by atomic mass is 10.2. The number of benzene rings is 1. The molecule has 8 nitrogen and oxygen atoms in total. The molecule has 0 aliphatic rings. The summed E-state index contributed by atoms with van der Waals surface area (Å²) in [6.45, 7) is 2.25. The quantitative estimate of drug-likeness (QED) is 0.279. The van der Waals surface area contributed by atoms with Crippen LogP contribution >= 0.6 is 34.7 Å². The normalized spacial score (nSPS) is 10.9. The molecule has 0 saturated carbocycles. The number of nitrogens with zero attached hydrogens (tertiary/aromatic N) is 3. The van der Waals surface area contributed by atoms with Crippen LogP contribution < -0.4 is 10.9 Å². The van der Waals surface area contributed by atoms with Crippen LogP contribution in [0.15, 0.2) is 39.6 Å². The maximum atomic E-state index is 12.5. The number of nitro benzene ring substituents is 1. The first-order valence-electron chi connectivity index (χ1n) is 7.75. The highest BCUT2D eigenvalue weighted by Crippen LogP contribution is 2.28. The number of amides is 1. The van der Waals surface area contributed by atoms with E-state index in [1.165, 1.54) is 34.1 Å². The van der Waals surface area contributed by atoms with Gasteiger partial charge in [0.2, 0.25) is 5.91 Å². The predicted molar refractivity (Wildman–Crippen MR) is 107 cm³/mol. The maximum Gasteiger partial charge on any atom is 0.294 e. The molecule has 1 N–H and O–H groups in total. The highest BCUT2D eigenvalue weighted by molar-refractivity contribution is 7.99. The summed E-state index contributed by atoms with van der Waals surface area (Å²) < 4.78 is 2.07. The van der Waals surface area contributed by atoms with E-state index in [1.54, 1.807) is 11.4 Å². The highest BCUT2D eigenvalue weighted by Gasteiger charge is 2.18. The van der Waals surface area contributed by atoms with Crippen molar-refractivity contribution in [2.45, 2.75) is 18.6 Å². The average Bonchev–Trinajstić information content (AvgIpc) is 3.10. The number of rotatable bonds is 6. The second kappa shape index (κ2) is 8.07. The largest absolute Gasteiger partial charge is 0.320 e. The molecule has 11 heteroatoms. The van der Waals surface area contributed by atoms with Crippen LogP contribution in [0.5, 0.6) is 0 Å². The molecule has 0 bridgehead atoms. The molecule has 0 spiro atoms. The standard InChI is InChI=1S/C16H13ClN4O4S2/c1-2-20-15(23)14-11(5-6-26-14)19-16(20)27-8-13(22)18-10-4-3-9(17)7-12(10)21(24)25/h3-7H,2,8H2,1H3,(H,18,22). The number of carbonyl (C=O) groups excluding carboxylic acids is 1. The lowest BCUT2D eigenvalue weighted by Gasteiger charge is -2.10. The van der Waals surface area contributed by atoms with Crippen LogP contribution in [-0.4, -0.2) is 26.1 Å². The summed E-state index contributed by atoms with van der Waals surface area (Å²) >= 11 is 8.19. The predicted octanol–water partition coefficient (Wildman–Crippen LogP) is 3.77. The minimum absolute atomic E-state index is 0.0537. The van der Waals surface area contributed by atoms with Crippen LogP contribution in [-0.2, 0) is 11.3 Å². The van der Waals surface area contributed by atoms with E-state index in [0.717, 1.165) is 11.8 Å². The van der Waals surface area contributed by atoms with E-state index in [4.69, 9.17) is 11.6 Å². The number of hydrogen-bond acceptors (Lipinski definition) is 7. The Morgan fingerprint density at radius 2 is 2.22 bits per heavy atom. The van der Waals surface area contributed by atoms with Gasteiger partial charge in [-0.1, -0.05) is 23.4 Å². The molecule has 2 heterocycles. The molecule has 1 aromatic carbocycles. The number of thiophene rings is 1. The molecule has 140 valence electrons. The molecule has 27 heavy (non-hydrogen) atoms. The number of thioether (sulfide) groups is 1. The van der Waals surface area contributed by atoms with Crippen molar-refractivity contribution in [3.63, 3.8) is 0 Å². The van der Waals surface area contributed by atoms with Gasteiger partial charge in [-0.3, -0.25) is 24.3 Å². The number of halogens is 1. The zero-order chi connectivity index (χ0) is 19.6. The first kappa shape index (κ1) is 19.3. The third kappa shape index (κ3) is 4.12. The third-order valence-corrected chi connectivity index (χ3v) is 5.71. The summed E-state index contributed by atoms with van der Waals surface area (Å²) in [5, 5.41) is 16.0. The zero-order valence-electron chi connectivity index (χ0n) is 14.0. The molecule has 0 unspecified atom stereocenters. The van der Waals surface area contributed by atoms with Crippen LogP contribution in [0.25, 0.3) is 10.2 Å². The molecule has 3 aromatic rings. The van der Waals surface area contributed by atoms with Gasteiger partial charge in [0.1, 0.15) is 10.4 Å². The van der Waals surface area contributed by atoms with E-state index < -0.39 is 10.8 Å². The molecule has 1 amide bonds. The lowest BCUT2D eigenvalue weighted by molar-refractivity contribution is -0.383. The van der Waals surface area contributed by atoms with Crippen LogP contribution in [0, 0.1) is 10.1 Å². The van der Waals surface area contributed by atoms with Crippen molar-refractivity contribution in [2.24, 2.45) is 0 Å². The van der Waals surface area contributed by atoms with Gasteiger partial charge < -0.3 is 5.32 Å². The van der Waals surface area contributed by atoms with E-state index in [1.807, 2.05) is 6.92 Å². The second-order valence-corrected chi connectivity index (χ2v) is 7.63. The van der Waals surface area contributed by atoms with Crippen molar-refractivity contribution in [1.29, 1.82) is 0 Å². The number of hydrogen-bond donors (Lipinski definition) is 1. The van der Waals surface area contributed by atoms with Gasteiger partial charge in [-0.05, 0) is 30.5 Å². The molecule has 0 fully saturated rings. The molecule has 0 aliphatic carbocycles. The number of aromatic nitrogens is 2. The van der Waals surface area contributed by atoms with E-state index >= 15 is 0 Å². The van der Waals surface area contributed by atoms with Crippen molar-refractivity contribution >= 4 is 62.2 Å². The number of anilines is 1. The monoisotopic (exact) mass is 424 g/mol. The summed E-state index contributed by atoms with van der Waals surface area (Å²) in [6.07, 6.45) is 0. The molecule has 3 rings (SSSR count). The van der Waals surface area contributed by atoms with Gasteiger partial charge in [0.15, 0.2) is 5.16 Å². The Hall–Kier alpha value is -2.43. The molecule has 0 radical (unpaired) electrons. The van der Waals surface area contributed by atoms with Crippen molar-refractivity contribution in [2.75, 3.05) is 11.1 Å². The van der Waals surface area contributed by atoms with Crippen LogP contribution in [0.4, 0.5) is 11.4 Å². The van der Waals surface area contributed by atoms with E-state index in [2.05, 4.69) is 10.3 Å².